The standard InChI is InChI=1S/C32H40N4O8/c1-31(2,3)44-30(42)34-22-13-8-6-4-5-7-12-20-17-32(20,29(40)41)35-26(37)23-16-21(18-36(23)28(22)39)33-27(38)25-15-19-11-9-10-14-24(19)43-25/h7,9-12,14-15,20-23H,4-6,8,13,16-18H2,1-3H3,(H,33,38)(H,34,42)(H,35,37)(H,40,41)/t20-,21-,22+,23+,32-/m1/s1. The van der Waals surface area contributed by atoms with Crippen molar-refractivity contribution in [1.29, 1.82) is 0 Å². The lowest BCUT2D eigenvalue weighted by Crippen LogP contribution is -2.56. The smallest absolute Gasteiger partial charge is 0.408 e. The first-order chi connectivity index (χ1) is 20.9. The molecule has 1 saturated heterocycles. The Balaban J connectivity index is 1.40. The van der Waals surface area contributed by atoms with Crippen LogP contribution in [0.25, 0.3) is 11.0 Å². The number of ether oxygens (including phenoxy) is 1. The normalized spacial score (nSPS) is 27.8. The van der Waals surface area contributed by atoms with Crippen LogP contribution in [0, 0.1) is 5.92 Å². The van der Waals surface area contributed by atoms with Crippen molar-refractivity contribution in [3.05, 3.63) is 48.2 Å². The summed E-state index contributed by atoms with van der Waals surface area (Å²) in [6.45, 7) is 5.15. The van der Waals surface area contributed by atoms with Crippen LogP contribution in [0.2, 0.25) is 0 Å². The number of amides is 4. The topological polar surface area (TPSA) is 167 Å². The largest absolute Gasteiger partial charge is 0.479 e. The molecule has 0 spiro atoms. The summed E-state index contributed by atoms with van der Waals surface area (Å²) in [6.07, 6.45) is 6.64. The molecule has 3 aliphatic rings. The Hall–Kier alpha value is -4.35. The summed E-state index contributed by atoms with van der Waals surface area (Å²) in [5.41, 5.74) is -1.69. The van der Waals surface area contributed by atoms with E-state index in [1.807, 2.05) is 24.3 Å². The molecule has 2 aliphatic heterocycles. The third-order valence-corrected chi connectivity index (χ3v) is 8.34. The van der Waals surface area contributed by atoms with Crippen molar-refractivity contribution in [2.45, 2.75) is 95.0 Å². The second-order valence-electron chi connectivity index (χ2n) is 12.9. The van der Waals surface area contributed by atoms with Gasteiger partial charge in [0.1, 0.15) is 28.8 Å². The van der Waals surface area contributed by atoms with Gasteiger partial charge < -0.3 is 35.1 Å². The molecule has 0 radical (unpaired) electrons. The Morgan fingerprint density at radius 3 is 2.61 bits per heavy atom. The number of nitrogens with zero attached hydrogens (tertiary/aromatic N) is 1. The molecule has 12 heteroatoms. The maximum Gasteiger partial charge on any atom is 0.408 e. The molecule has 0 unspecified atom stereocenters. The minimum absolute atomic E-state index is 0.0151. The lowest BCUT2D eigenvalue weighted by atomic mass is 10.0. The zero-order valence-corrected chi connectivity index (χ0v) is 25.3. The molecule has 5 atom stereocenters. The number of hydrogen-bond acceptors (Lipinski definition) is 7. The number of carboxylic acid groups (broad SMARTS) is 1. The number of carbonyl (C=O) groups is 5. The summed E-state index contributed by atoms with van der Waals surface area (Å²) in [7, 11) is 0. The van der Waals surface area contributed by atoms with E-state index in [9.17, 15) is 29.1 Å². The van der Waals surface area contributed by atoms with E-state index in [0.29, 0.717) is 18.4 Å². The predicted molar refractivity (Wildman–Crippen MR) is 160 cm³/mol. The molecule has 1 saturated carbocycles. The van der Waals surface area contributed by atoms with Crippen molar-refractivity contribution >= 4 is 40.8 Å². The van der Waals surface area contributed by atoms with Gasteiger partial charge in [0.25, 0.3) is 5.91 Å². The summed E-state index contributed by atoms with van der Waals surface area (Å²) in [4.78, 5) is 67.3. The fourth-order valence-electron chi connectivity index (χ4n) is 6.00. The van der Waals surface area contributed by atoms with Gasteiger partial charge in [-0.1, -0.05) is 43.2 Å². The van der Waals surface area contributed by atoms with Crippen molar-refractivity contribution < 1.29 is 38.2 Å². The van der Waals surface area contributed by atoms with Crippen LogP contribution in [0.5, 0.6) is 0 Å². The van der Waals surface area contributed by atoms with Crippen LogP contribution in [-0.2, 0) is 19.1 Å². The SMILES string of the molecule is CC(C)(C)OC(=O)N[C@H]1CCCCCC=C[C@@H]2C[C@@]2(C(=O)O)NC(=O)[C@@H]2C[C@@H](NC(=O)c3cc4ccccc4o3)CN2C1=O. The van der Waals surface area contributed by atoms with Crippen LogP contribution < -0.4 is 16.0 Å². The van der Waals surface area contributed by atoms with Crippen molar-refractivity contribution in [2.24, 2.45) is 5.92 Å². The van der Waals surface area contributed by atoms with Crippen molar-refractivity contribution in [3.8, 4) is 0 Å². The molecule has 236 valence electrons. The van der Waals surface area contributed by atoms with Crippen LogP contribution in [-0.4, -0.2) is 75.6 Å². The van der Waals surface area contributed by atoms with E-state index in [-0.39, 0.29) is 31.1 Å². The second kappa shape index (κ2) is 12.3. The summed E-state index contributed by atoms with van der Waals surface area (Å²) >= 11 is 0. The van der Waals surface area contributed by atoms with Crippen molar-refractivity contribution in [1.82, 2.24) is 20.9 Å². The Kier molecular flexibility index (Phi) is 8.71. The summed E-state index contributed by atoms with van der Waals surface area (Å²) in [6, 6.07) is 6.13. The minimum atomic E-state index is -1.45. The second-order valence-corrected chi connectivity index (χ2v) is 12.9. The van der Waals surface area contributed by atoms with Crippen LogP contribution in [0.1, 0.15) is 76.3 Å². The lowest BCUT2D eigenvalue weighted by molar-refractivity contribution is -0.145. The monoisotopic (exact) mass is 608 g/mol. The van der Waals surface area contributed by atoms with Crippen LogP contribution in [0.15, 0.2) is 46.9 Å². The highest BCUT2D eigenvalue weighted by atomic mass is 16.6. The number of fused-ring (bicyclic) bond motifs is 3. The van der Waals surface area contributed by atoms with E-state index in [0.717, 1.165) is 24.6 Å². The van der Waals surface area contributed by atoms with Gasteiger partial charge in [-0.05, 0) is 65.0 Å². The fourth-order valence-corrected chi connectivity index (χ4v) is 6.00. The molecule has 1 aromatic carbocycles. The summed E-state index contributed by atoms with van der Waals surface area (Å²) in [5.74, 6) is -3.03. The lowest BCUT2D eigenvalue weighted by Gasteiger charge is -2.30. The molecule has 44 heavy (non-hydrogen) atoms. The number of furan rings is 1. The van der Waals surface area contributed by atoms with E-state index in [1.54, 1.807) is 39.0 Å². The third kappa shape index (κ3) is 6.89. The highest BCUT2D eigenvalue weighted by Crippen LogP contribution is 2.45. The maximum atomic E-state index is 14.1. The van der Waals surface area contributed by atoms with Gasteiger partial charge in [0.15, 0.2) is 5.76 Å². The molecule has 3 heterocycles. The zero-order chi connectivity index (χ0) is 31.6. The van der Waals surface area contributed by atoms with Gasteiger partial charge in [-0.3, -0.25) is 14.4 Å². The van der Waals surface area contributed by atoms with Crippen LogP contribution >= 0.6 is 0 Å². The van der Waals surface area contributed by atoms with Gasteiger partial charge in [-0.2, -0.15) is 0 Å². The average molecular weight is 609 g/mol. The first-order valence-electron chi connectivity index (χ1n) is 15.2. The van der Waals surface area contributed by atoms with Crippen LogP contribution in [0.4, 0.5) is 4.79 Å². The first kappa shape index (κ1) is 31.1. The zero-order valence-electron chi connectivity index (χ0n) is 25.3. The highest BCUT2D eigenvalue weighted by Gasteiger charge is 2.61. The van der Waals surface area contributed by atoms with E-state index in [4.69, 9.17) is 9.15 Å². The summed E-state index contributed by atoms with van der Waals surface area (Å²) < 4.78 is 11.1. The number of carbonyl (C=O) groups excluding carboxylic acids is 4. The van der Waals surface area contributed by atoms with Gasteiger partial charge in [-0.25, -0.2) is 9.59 Å². The van der Waals surface area contributed by atoms with Gasteiger partial charge in [-0.15, -0.1) is 0 Å². The Labute approximate surface area is 255 Å². The number of para-hydroxylation sites is 1. The maximum absolute atomic E-state index is 14.1. The Morgan fingerprint density at radius 2 is 1.89 bits per heavy atom. The van der Waals surface area contributed by atoms with Gasteiger partial charge in [0.2, 0.25) is 11.8 Å². The first-order valence-corrected chi connectivity index (χ1v) is 15.2. The van der Waals surface area contributed by atoms with E-state index >= 15 is 0 Å². The van der Waals surface area contributed by atoms with E-state index in [2.05, 4.69) is 16.0 Å². The van der Waals surface area contributed by atoms with Crippen molar-refractivity contribution in [2.75, 3.05) is 6.54 Å². The highest BCUT2D eigenvalue weighted by molar-refractivity contribution is 5.98. The Morgan fingerprint density at radius 1 is 1.11 bits per heavy atom. The van der Waals surface area contributed by atoms with E-state index in [1.165, 1.54) is 4.90 Å². The number of rotatable bonds is 4. The number of benzene rings is 1. The number of carboxylic acids is 1. The number of alkyl carbamates (subject to hydrolysis) is 1. The molecule has 1 aliphatic carbocycles. The number of hydrogen-bond donors (Lipinski definition) is 4. The molecular weight excluding hydrogens is 568 g/mol. The Bertz CT molecular complexity index is 1440. The fraction of sp³-hybridized carbons (Fsp3) is 0.531. The van der Waals surface area contributed by atoms with Crippen molar-refractivity contribution in [3.63, 3.8) is 0 Å². The molecule has 2 fully saturated rings. The van der Waals surface area contributed by atoms with E-state index < -0.39 is 59.0 Å². The molecule has 0 bridgehead atoms. The average Bonchev–Trinajstić information content (AvgIpc) is 3.27. The number of nitrogens with one attached hydrogen (secondary N) is 3. The van der Waals surface area contributed by atoms with Gasteiger partial charge in [0.05, 0.1) is 0 Å². The molecule has 1 aromatic heterocycles. The molecular formula is C32H40N4O8. The van der Waals surface area contributed by atoms with Gasteiger partial charge >= 0.3 is 12.1 Å². The molecule has 5 rings (SSSR count). The molecule has 4 N–H and O–H groups in total. The molecule has 12 nitrogen and oxygen atoms in total. The number of allylic oxidation sites excluding steroid dienone is 1. The number of aliphatic carboxylic acids is 1. The molecule has 2 aromatic rings. The van der Waals surface area contributed by atoms with Gasteiger partial charge in [0, 0.05) is 23.9 Å². The quantitative estimate of drug-likeness (QED) is 0.383. The van der Waals surface area contributed by atoms with Crippen LogP contribution in [0.3, 0.4) is 0 Å². The molecule has 4 amide bonds. The predicted octanol–water partition coefficient (Wildman–Crippen LogP) is 3.51. The minimum Gasteiger partial charge on any atom is -0.479 e. The summed E-state index contributed by atoms with van der Waals surface area (Å²) in [5, 5.41) is 19.1. The third-order valence-electron chi connectivity index (χ3n) is 8.34.